The summed E-state index contributed by atoms with van der Waals surface area (Å²) in [4.78, 5) is 15.1. The number of hydrogen-bond donors (Lipinski definition) is 0. The number of rotatable bonds is 6. The van der Waals surface area contributed by atoms with Gasteiger partial charge in [0.15, 0.2) is 0 Å². The number of carbonyl (C=O) groups excluding carboxylic acids is 1. The van der Waals surface area contributed by atoms with E-state index < -0.39 is 0 Å². The summed E-state index contributed by atoms with van der Waals surface area (Å²) in [5.41, 5.74) is 3.59. The van der Waals surface area contributed by atoms with Crippen molar-refractivity contribution < 1.29 is 4.79 Å². The van der Waals surface area contributed by atoms with Crippen molar-refractivity contribution in [2.24, 2.45) is 7.05 Å². The summed E-state index contributed by atoms with van der Waals surface area (Å²) in [5.74, 6) is 0.500. The zero-order chi connectivity index (χ0) is 18.1. The van der Waals surface area contributed by atoms with E-state index in [4.69, 9.17) is 5.10 Å². The minimum Gasteiger partial charge on any atom is -0.333 e. The van der Waals surface area contributed by atoms with E-state index >= 15 is 0 Å². The average Bonchev–Trinajstić information content (AvgIpc) is 3.29. The summed E-state index contributed by atoms with van der Waals surface area (Å²) in [6.07, 6.45) is 6.07. The highest BCUT2D eigenvalue weighted by molar-refractivity contribution is 5.93. The molecule has 6 nitrogen and oxygen atoms in total. The van der Waals surface area contributed by atoms with Gasteiger partial charge in [-0.25, -0.2) is 4.68 Å². The van der Waals surface area contributed by atoms with Gasteiger partial charge in [-0.05, 0) is 38.0 Å². The number of aromatic nitrogens is 4. The number of hydrogen-bond acceptors (Lipinski definition) is 3. The van der Waals surface area contributed by atoms with Gasteiger partial charge in [0, 0.05) is 37.8 Å². The lowest BCUT2D eigenvalue weighted by Crippen LogP contribution is -2.31. The third-order valence-electron chi connectivity index (χ3n) is 4.74. The van der Waals surface area contributed by atoms with Crippen LogP contribution in [0, 0.1) is 0 Å². The molecule has 1 aromatic carbocycles. The van der Waals surface area contributed by atoms with Gasteiger partial charge in [0.2, 0.25) is 0 Å². The van der Waals surface area contributed by atoms with Crippen LogP contribution in [0.4, 0.5) is 0 Å². The summed E-state index contributed by atoms with van der Waals surface area (Å²) in [7, 11) is 1.88. The van der Waals surface area contributed by atoms with E-state index in [-0.39, 0.29) is 5.91 Å². The smallest absolute Gasteiger partial charge is 0.272 e. The van der Waals surface area contributed by atoms with Crippen LogP contribution >= 0.6 is 0 Å². The summed E-state index contributed by atoms with van der Waals surface area (Å²) in [6.45, 7) is 3.17. The largest absolute Gasteiger partial charge is 0.333 e. The topological polar surface area (TPSA) is 56.0 Å². The van der Waals surface area contributed by atoms with Crippen LogP contribution in [0.25, 0.3) is 5.69 Å². The maximum atomic E-state index is 13.3. The molecule has 0 atom stereocenters. The molecule has 1 aliphatic rings. The molecule has 2 aromatic heterocycles. The Morgan fingerprint density at radius 2 is 2.04 bits per heavy atom. The Morgan fingerprint density at radius 3 is 2.65 bits per heavy atom. The third-order valence-corrected chi connectivity index (χ3v) is 4.74. The first-order valence-corrected chi connectivity index (χ1v) is 9.08. The summed E-state index contributed by atoms with van der Waals surface area (Å²) in [5, 5.41) is 8.94. The van der Waals surface area contributed by atoms with Crippen LogP contribution in [0.15, 0.2) is 48.8 Å². The van der Waals surface area contributed by atoms with Gasteiger partial charge in [-0.15, -0.1) is 0 Å². The summed E-state index contributed by atoms with van der Waals surface area (Å²) in [6, 6.07) is 11.8. The van der Waals surface area contributed by atoms with Gasteiger partial charge in [0.05, 0.1) is 17.6 Å². The zero-order valence-corrected chi connectivity index (χ0v) is 15.2. The second kappa shape index (κ2) is 6.78. The fourth-order valence-corrected chi connectivity index (χ4v) is 3.16. The molecule has 0 aliphatic heterocycles. The van der Waals surface area contributed by atoms with Crippen LogP contribution in [0.3, 0.4) is 0 Å². The molecule has 26 heavy (non-hydrogen) atoms. The molecule has 3 aromatic rings. The predicted molar refractivity (Wildman–Crippen MR) is 99.2 cm³/mol. The fourth-order valence-electron chi connectivity index (χ4n) is 3.16. The van der Waals surface area contributed by atoms with E-state index in [2.05, 4.69) is 5.10 Å². The number of carbonyl (C=O) groups is 1. The van der Waals surface area contributed by atoms with Crippen molar-refractivity contribution in [3.05, 3.63) is 65.7 Å². The van der Waals surface area contributed by atoms with Gasteiger partial charge in [-0.1, -0.05) is 18.2 Å². The number of nitrogens with zero attached hydrogens (tertiary/aromatic N) is 5. The van der Waals surface area contributed by atoms with E-state index in [0.29, 0.717) is 24.7 Å². The second-order valence-electron chi connectivity index (χ2n) is 6.82. The maximum Gasteiger partial charge on any atom is 0.272 e. The lowest BCUT2D eigenvalue weighted by molar-refractivity contribution is 0.0743. The monoisotopic (exact) mass is 349 g/mol. The molecule has 2 heterocycles. The van der Waals surface area contributed by atoms with Crippen molar-refractivity contribution in [1.29, 1.82) is 0 Å². The fraction of sp³-hybridized carbons (Fsp3) is 0.350. The molecule has 4 rings (SSSR count). The Morgan fingerprint density at radius 1 is 1.27 bits per heavy atom. The lowest BCUT2D eigenvalue weighted by atomic mass is 10.2. The number of para-hydroxylation sites is 1. The average molecular weight is 349 g/mol. The van der Waals surface area contributed by atoms with Crippen LogP contribution < -0.4 is 0 Å². The predicted octanol–water partition coefficient (Wildman–Crippen LogP) is 3.15. The Kier molecular flexibility index (Phi) is 4.32. The molecule has 0 N–H and O–H groups in total. The highest BCUT2D eigenvalue weighted by atomic mass is 16.2. The minimum atomic E-state index is -0.000365. The van der Waals surface area contributed by atoms with Gasteiger partial charge in [0.1, 0.15) is 5.69 Å². The van der Waals surface area contributed by atoms with E-state index in [1.165, 1.54) is 0 Å². The second-order valence-corrected chi connectivity index (χ2v) is 6.82. The lowest BCUT2D eigenvalue weighted by Gasteiger charge is -2.20. The highest BCUT2D eigenvalue weighted by Gasteiger charge is 2.30. The van der Waals surface area contributed by atoms with Crippen molar-refractivity contribution in [3.8, 4) is 5.69 Å². The molecule has 1 saturated carbocycles. The quantitative estimate of drug-likeness (QED) is 0.687. The van der Waals surface area contributed by atoms with Crippen LogP contribution in [0.2, 0.25) is 0 Å². The molecular formula is C20H23N5O. The van der Waals surface area contributed by atoms with Crippen molar-refractivity contribution in [2.75, 3.05) is 6.54 Å². The van der Waals surface area contributed by atoms with Crippen molar-refractivity contribution in [1.82, 2.24) is 24.5 Å². The summed E-state index contributed by atoms with van der Waals surface area (Å²) < 4.78 is 3.55. The van der Waals surface area contributed by atoms with Gasteiger partial charge >= 0.3 is 0 Å². The van der Waals surface area contributed by atoms with Gasteiger partial charge in [0.25, 0.3) is 5.91 Å². The molecular weight excluding hydrogens is 326 g/mol. The van der Waals surface area contributed by atoms with Crippen LogP contribution in [0.1, 0.15) is 47.4 Å². The number of benzene rings is 1. The zero-order valence-electron chi connectivity index (χ0n) is 15.2. The first-order chi connectivity index (χ1) is 12.7. The Balaban J connectivity index is 1.67. The highest BCUT2D eigenvalue weighted by Crippen LogP contribution is 2.39. The van der Waals surface area contributed by atoms with Gasteiger partial charge in [-0.2, -0.15) is 10.2 Å². The molecule has 1 aliphatic carbocycles. The van der Waals surface area contributed by atoms with Crippen molar-refractivity contribution in [3.63, 3.8) is 0 Å². The molecule has 1 amide bonds. The molecule has 134 valence electrons. The van der Waals surface area contributed by atoms with E-state index in [1.54, 1.807) is 15.6 Å². The number of aryl methyl sites for hydroxylation is 1. The standard InChI is InChI=1S/C20H23N5O/c1-3-24(14-15-12-21-23(2)13-15)20(26)19-11-18(16-9-10-16)22-25(19)17-7-5-4-6-8-17/h4-8,11-13,16H,3,9-10,14H2,1-2H3. The minimum absolute atomic E-state index is 0.000365. The molecule has 1 fully saturated rings. The molecule has 0 radical (unpaired) electrons. The normalized spacial score (nSPS) is 13.8. The Hall–Kier alpha value is -2.89. The van der Waals surface area contributed by atoms with Crippen LogP contribution in [-0.4, -0.2) is 36.9 Å². The molecule has 6 heteroatoms. The van der Waals surface area contributed by atoms with Crippen LogP contribution in [-0.2, 0) is 13.6 Å². The molecule has 0 unspecified atom stereocenters. The Labute approximate surface area is 153 Å². The van der Waals surface area contributed by atoms with E-state index in [1.807, 2.05) is 61.5 Å². The molecule has 0 spiro atoms. The van der Waals surface area contributed by atoms with Crippen molar-refractivity contribution in [2.45, 2.75) is 32.2 Å². The number of amides is 1. The van der Waals surface area contributed by atoms with Gasteiger partial charge in [-0.3, -0.25) is 9.48 Å². The van der Waals surface area contributed by atoms with Crippen molar-refractivity contribution >= 4 is 5.91 Å². The first-order valence-electron chi connectivity index (χ1n) is 9.08. The van der Waals surface area contributed by atoms with Gasteiger partial charge < -0.3 is 4.90 Å². The van der Waals surface area contributed by atoms with Crippen LogP contribution in [0.5, 0.6) is 0 Å². The molecule has 0 saturated heterocycles. The third kappa shape index (κ3) is 3.27. The summed E-state index contributed by atoms with van der Waals surface area (Å²) >= 11 is 0. The van der Waals surface area contributed by atoms with E-state index in [0.717, 1.165) is 29.8 Å². The SMILES string of the molecule is CCN(Cc1cnn(C)c1)C(=O)c1cc(C2CC2)nn1-c1ccccc1. The molecule has 0 bridgehead atoms. The first kappa shape index (κ1) is 16.6. The Bertz CT molecular complexity index is 907. The maximum absolute atomic E-state index is 13.3. The van der Waals surface area contributed by atoms with E-state index in [9.17, 15) is 4.79 Å².